The lowest BCUT2D eigenvalue weighted by Gasteiger charge is -2.61. The summed E-state index contributed by atoms with van der Waals surface area (Å²) in [6.07, 6.45) is 7.47. The van der Waals surface area contributed by atoms with Gasteiger partial charge in [0.05, 0.1) is 18.3 Å². The molecule has 4 fully saturated rings. The van der Waals surface area contributed by atoms with Gasteiger partial charge in [-0.1, -0.05) is 13.8 Å². The van der Waals surface area contributed by atoms with E-state index in [9.17, 15) is 15.3 Å². The Balaban J connectivity index is 1.68. The second kappa shape index (κ2) is 4.94. The van der Waals surface area contributed by atoms with Gasteiger partial charge in [-0.05, 0) is 85.9 Å². The van der Waals surface area contributed by atoms with Crippen LogP contribution >= 0.6 is 0 Å². The van der Waals surface area contributed by atoms with Crippen molar-refractivity contribution in [2.75, 3.05) is 0 Å². The minimum Gasteiger partial charge on any atom is -0.393 e. The van der Waals surface area contributed by atoms with E-state index in [0.717, 1.165) is 38.5 Å². The summed E-state index contributed by atoms with van der Waals surface area (Å²) in [5.74, 6) is 1.99. The summed E-state index contributed by atoms with van der Waals surface area (Å²) in [7, 11) is 0. The fourth-order valence-corrected chi connectivity index (χ4v) is 7.21. The van der Waals surface area contributed by atoms with Crippen LogP contribution in [0.1, 0.15) is 65.2 Å². The van der Waals surface area contributed by atoms with Crippen molar-refractivity contribution in [1.82, 2.24) is 0 Å². The van der Waals surface area contributed by atoms with Crippen LogP contribution in [0.5, 0.6) is 0 Å². The molecule has 126 valence electrons. The van der Waals surface area contributed by atoms with Gasteiger partial charge in [0, 0.05) is 0 Å². The first-order valence-electron chi connectivity index (χ1n) is 9.40. The Morgan fingerprint density at radius 1 is 0.818 bits per heavy atom. The van der Waals surface area contributed by atoms with Crippen molar-refractivity contribution in [1.29, 1.82) is 0 Å². The standard InChI is InChI=1S/C19H32O3/c1-18-7-5-12(20)9-11(18)3-4-13-14(18)10-16(22)19(2)8-6-15(21)17(13)19/h11-17,20-22H,3-10H2,1-2H3. The molecule has 0 aromatic heterocycles. The zero-order chi connectivity index (χ0) is 15.7. The lowest BCUT2D eigenvalue weighted by molar-refractivity contribution is -0.174. The third-order valence-corrected chi connectivity index (χ3v) is 8.57. The van der Waals surface area contributed by atoms with Gasteiger partial charge in [-0.15, -0.1) is 0 Å². The van der Waals surface area contributed by atoms with E-state index < -0.39 is 0 Å². The Hall–Kier alpha value is -0.120. The second-order valence-corrected chi connectivity index (χ2v) is 9.37. The molecule has 0 radical (unpaired) electrons. The van der Waals surface area contributed by atoms with Crippen molar-refractivity contribution in [3.63, 3.8) is 0 Å². The van der Waals surface area contributed by atoms with Gasteiger partial charge in [0.2, 0.25) is 0 Å². The van der Waals surface area contributed by atoms with E-state index in [1.807, 2.05) is 0 Å². The Morgan fingerprint density at radius 2 is 1.55 bits per heavy atom. The molecule has 4 saturated carbocycles. The molecular weight excluding hydrogens is 276 g/mol. The van der Waals surface area contributed by atoms with Crippen molar-refractivity contribution in [3.05, 3.63) is 0 Å². The minimum absolute atomic E-state index is 0.0715. The van der Waals surface area contributed by atoms with Gasteiger partial charge in [-0.2, -0.15) is 0 Å². The molecule has 0 amide bonds. The molecule has 0 aromatic rings. The zero-order valence-electron chi connectivity index (χ0n) is 14.0. The highest BCUT2D eigenvalue weighted by Gasteiger charge is 2.62. The summed E-state index contributed by atoms with van der Waals surface area (Å²) in [6, 6.07) is 0. The molecule has 0 saturated heterocycles. The predicted octanol–water partition coefficient (Wildman–Crippen LogP) is 2.72. The number of fused-ring (bicyclic) bond motifs is 5. The molecule has 0 heterocycles. The van der Waals surface area contributed by atoms with Gasteiger partial charge in [-0.25, -0.2) is 0 Å². The first-order chi connectivity index (χ1) is 10.4. The van der Waals surface area contributed by atoms with Crippen molar-refractivity contribution in [3.8, 4) is 0 Å². The molecule has 0 aromatic carbocycles. The molecule has 0 bridgehead atoms. The zero-order valence-corrected chi connectivity index (χ0v) is 14.0. The summed E-state index contributed by atoms with van der Waals surface area (Å²) in [4.78, 5) is 0. The lowest BCUT2D eigenvalue weighted by atomic mass is 9.44. The molecule has 22 heavy (non-hydrogen) atoms. The maximum absolute atomic E-state index is 10.9. The van der Waals surface area contributed by atoms with Gasteiger partial charge < -0.3 is 15.3 Å². The highest BCUT2D eigenvalue weighted by molar-refractivity contribution is 5.11. The number of aliphatic hydroxyl groups excluding tert-OH is 3. The van der Waals surface area contributed by atoms with Crippen LogP contribution in [0, 0.1) is 34.5 Å². The third-order valence-electron chi connectivity index (χ3n) is 8.57. The molecule has 4 rings (SSSR count). The van der Waals surface area contributed by atoms with Crippen LogP contribution in [0.25, 0.3) is 0 Å². The van der Waals surface area contributed by atoms with Gasteiger partial charge in [0.1, 0.15) is 0 Å². The largest absolute Gasteiger partial charge is 0.393 e. The van der Waals surface area contributed by atoms with Crippen LogP contribution in [-0.4, -0.2) is 33.6 Å². The molecule has 0 aliphatic heterocycles. The average Bonchev–Trinajstić information content (AvgIpc) is 2.79. The SMILES string of the molecule is CC12CCC(O)CC1CCC1C2CC(O)C2(C)CCC(O)C12. The number of hydrogen-bond acceptors (Lipinski definition) is 3. The van der Waals surface area contributed by atoms with Crippen LogP contribution in [0.2, 0.25) is 0 Å². The number of aliphatic hydroxyl groups is 3. The summed E-state index contributed by atoms with van der Waals surface area (Å²) in [6.45, 7) is 4.63. The highest BCUT2D eigenvalue weighted by atomic mass is 16.3. The molecule has 4 aliphatic carbocycles. The van der Waals surface area contributed by atoms with Gasteiger partial charge in [0.15, 0.2) is 0 Å². The van der Waals surface area contributed by atoms with E-state index in [1.54, 1.807) is 0 Å². The molecule has 3 N–H and O–H groups in total. The van der Waals surface area contributed by atoms with Crippen molar-refractivity contribution in [2.45, 2.75) is 83.5 Å². The summed E-state index contributed by atoms with van der Waals surface area (Å²) < 4.78 is 0. The van der Waals surface area contributed by atoms with Crippen molar-refractivity contribution < 1.29 is 15.3 Å². The van der Waals surface area contributed by atoms with Crippen LogP contribution in [0.3, 0.4) is 0 Å². The van der Waals surface area contributed by atoms with Crippen LogP contribution in [-0.2, 0) is 0 Å². The Morgan fingerprint density at radius 3 is 2.32 bits per heavy atom. The van der Waals surface area contributed by atoms with E-state index in [1.165, 1.54) is 12.8 Å². The van der Waals surface area contributed by atoms with Crippen molar-refractivity contribution in [2.24, 2.45) is 34.5 Å². The number of rotatable bonds is 0. The van der Waals surface area contributed by atoms with E-state index in [0.29, 0.717) is 17.8 Å². The van der Waals surface area contributed by atoms with Crippen LogP contribution < -0.4 is 0 Å². The molecule has 3 heteroatoms. The topological polar surface area (TPSA) is 60.7 Å². The summed E-state index contributed by atoms with van der Waals surface area (Å²) in [5.41, 5.74) is 0.185. The van der Waals surface area contributed by atoms with E-state index >= 15 is 0 Å². The van der Waals surface area contributed by atoms with Gasteiger partial charge in [-0.3, -0.25) is 0 Å². The molecule has 0 spiro atoms. The Labute approximate surface area is 134 Å². The van der Waals surface area contributed by atoms with Gasteiger partial charge >= 0.3 is 0 Å². The third kappa shape index (κ3) is 1.91. The van der Waals surface area contributed by atoms with E-state index in [2.05, 4.69) is 13.8 Å². The summed E-state index contributed by atoms with van der Waals surface area (Å²) in [5, 5.41) is 31.6. The normalized spacial score (nSPS) is 61.2. The van der Waals surface area contributed by atoms with Gasteiger partial charge in [0.25, 0.3) is 0 Å². The molecule has 9 unspecified atom stereocenters. The van der Waals surface area contributed by atoms with Crippen LogP contribution in [0.4, 0.5) is 0 Å². The number of hydrogen-bond donors (Lipinski definition) is 3. The maximum atomic E-state index is 10.9. The first-order valence-corrected chi connectivity index (χ1v) is 9.40. The van der Waals surface area contributed by atoms with Crippen molar-refractivity contribution >= 4 is 0 Å². The monoisotopic (exact) mass is 308 g/mol. The Bertz CT molecular complexity index is 452. The summed E-state index contributed by atoms with van der Waals surface area (Å²) >= 11 is 0. The minimum atomic E-state index is -0.265. The predicted molar refractivity (Wildman–Crippen MR) is 85.1 cm³/mol. The fraction of sp³-hybridized carbons (Fsp3) is 1.00. The average molecular weight is 308 g/mol. The smallest absolute Gasteiger partial charge is 0.0600 e. The molecule has 3 nitrogen and oxygen atoms in total. The quantitative estimate of drug-likeness (QED) is 0.645. The highest BCUT2D eigenvalue weighted by Crippen LogP contribution is 2.66. The van der Waals surface area contributed by atoms with E-state index in [-0.39, 0.29) is 35.1 Å². The van der Waals surface area contributed by atoms with E-state index in [4.69, 9.17) is 0 Å². The van der Waals surface area contributed by atoms with Crippen LogP contribution in [0.15, 0.2) is 0 Å². The second-order valence-electron chi connectivity index (χ2n) is 9.37. The molecule has 9 atom stereocenters. The molecular formula is C19H32O3. The lowest BCUT2D eigenvalue weighted by Crippen LogP contribution is -2.58. The Kier molecular flexibility index (Phi) is 3.46. The maximum Gasteiger partial charge on any atom is 0.0600 e. The fourth-order valence-electron chi connectivity index (χ4n) is 7.21. The molecule has 4 aliphatic rings. The first kappa shape index (κ1) is 15.4.